The Hall–Kier alpha value is -0.920. The van der Waals surface area contributed by atoms with Crippen LogP contribution in [0, 0.1) is 0 Å². The van der Waals surface area contributed by atoms with Crippen LogP contribution in [0.2, 0.25) is 5.02 Å². The Bertz CT molecular complexity index is 460. The molecule has 0 aromatic heterocycles. The normalized spacial score (nSPS) is 11.2. The third-order valence-corrected chi connectivity index (χ3v) is 2.88. The monoisotopic (exact) mass is 357 g/mol. The molecule has 0 atom stereocenters. The van der Waals surface area contributed by atoms with E-state index in [1.165, 1.54) is 0 Å². The van der Waals surface area contributed by atoms with E-state index in [0.717, 1.165) is 0 Å². The minimum absolute atomic E-state index is 0.369. The van der Waals surface area contributed by atoms with Crippen molar-refractivity contribution in [2.45, 2.75) is 5.92 Å². The van der Waals surface area contributed by atoms with Gasteiger partial charge < -0.3 is 15.2 Å². The molecule has 1 rings (SSSR count). The van der Waals surface area contributed by atoms with Crippen LogP contribution < -0.4 is 10.1 Å². The Balaban J connectivity index is 2.42. The van der Waals surface area contributed by atoms with Crippen LogP contribution in [-0.4, -0.2) is 36.7 Å². The van der Waals surface area contributed by atoms with E-state index in [4.69, 9.17) is 21.4 Å². The van der Waals surface area contributed by atoms with Crippen LogP contribution in [0.3, 0.4) is 0 Å². The maximum atomic E-state index is 12.7. The van der Waals surface area contributed by atoms with Gasteiger partial charge in [-0.15, -0.1) is 0 Å². The van der Waals surface area contributed by atoms with Gasteiger partial charge in [0.2, 0.25) is 0 Å². The molecule has 0 heterocycles. The van der Waals surface area contributed by atoms with Gasteiger partial charge in [-0.2, -0.15) is 0 Å². The lowest BCUT2D eigenvalue weighted by Gasteiger charge is -2.14. The Kier molecular flexibility index (Phi) is 5.96. The van der Waals surface area contributed by atoms with Crippen molar-refractivity contribution in [2.75, 3.05) is 19.8 Å². The van der Waals surface area contributed by atoms with Crippen molar-refractivity contribution in [3.05, 3.63) is 27.7 Å². The van der Waals surface area contributed by atoms with E-state index in [0.29, 0.717) is 15.2 Å². The molecule has 0 fully saturated rings. The van der Waals surface area contributed by atoms with Gasteiger partial charge in [0.15, 0.2) is 6.61 Å². The highest BCUT2D eigenvalue weighted by atomic mass is 79.9. The minimum Gasteiger partial charge on any atom is -0.483 e. The molecule has 106 valence electrons. The quantitative estimate of drug-likeness (QED) is 0.820. The minimum atomic E-state index is -3.34. The Morgan fingerprint density at radius 3 is 2.79 bits per heavy atom. The summed E-state index contributed by atoms with van der Waals surface area (Å²) >= 11 is 8.91. The highest BCUT2D eigenvalue weighted by Gasteiger charge is 2.28. The van der Waals surface area contributed by atoms with Gasteiger partial charge in [0.1, 0.15) is 12.4 Å². The van der Waals surface area contributed by atoms with Gasteiger partial charge in [0.05, 0.1) is 11.0 Å². The van der Waals surface area contributed by atoms with Gasteiger partial charge in [-0.3, -0.25) is 4.79 Å². The van der Waals surface area contributed by atoms with Crippen molar-refractivity contribution in [3.63, 3.8) is 0 Å². The Labute approximate surface area is 121 Å². The number of ether oxygens (including phenoxy) is 1. The molecule has 1 amide bonds. The summed E-state index contributed by atoms with van der Waals surface area (Å²) in [6, 6.07) is 4.69. The first-order valence-corrected chi connectivity index (χ1v) is 6.34. The SMILES string of the molecule is O=C(COc1ccc(Cl)cc1Br)NCC(F)(F)CO. The van der Waals surface area contributed by atoms with Crippen molar-refractivity contribution < 1.29 is 23.4 Å². The van der Waals surface area contributed by atoms with E-state index >= 15 is 0 Å². The molecular weight excluding hydrogens is 347 g/mol. The summed E-state index contributed by atoms with van der Waals surface area (Å²) in [6.07, 6.45) is 0. The van der Waals surface area contributed by atoms with Crippen LogP contribution >= 0.6 is 27.5 Å². The van der Waals surface area contributed by atoms with Crippen LogP contribution in [0.4, 0.5) is 8.78 Å². The number of nitrogens with one attached hydrogen (secondary N) is 1. The van der Waals surface area contributed by atoms with Crippen molar-refractivity contribution >= 4 is 33.4 Å². The number of amides is 1. The molecule has 0 unspecified atom stereocenters. The molecular formula is C11H11BrClF2NO3. The maximum Gasteiger partial charge on any atom is 0.287 e. The molecule has 0 saturated carbocycles. The predicted octanol–water partition coefficient (Wildman–Crippen LogP) is 2.23. The highest BCUT2D eigenvalue weighted by molar-refractivity contribution is 9.10. The van der Waals surface area contributed by atoms with Crippen molar-refractivity contribution in [1.29, 1.82) is 0 Å². The predicted molar refractivity (Wildman–Crippen MR) is 69.7 cm³/mol. The van der Waals surface area contributed by atoms with Crippen LogP contribution in [0.15, 0.2) is 22.7 Å². The zero-order valence-electron chi connectivity index (χ0n) is 9.63. The number of hydrogen-bond acceptors (Lipinski definition) is 3. The summed E-state index contributed by atoms with van der Waals surface area (Å²) in [5.74, 6) is -3.68. The summed E-state index contributed by atoms with van der Waals surface area (Å²) < 4.78 is 31.0. The number of halogens is 4. The lowest BCUT2D eigenvalue weighted by Crippen LogP contribution is -2.40. The van der Waals surface area contributed by atoms with Crippen LogP contribution in [-0.2, 0) is 4.79 Å². The molecule has 0 aliphatic carbocycles. The zero-order valence-corrected chi connectivity index (χ0v) is 12.0. The average Bonchev–Trinajstić information content (AvgIpc) is 2.35. The summed E-state index contributed by atoms with van der Waals surface area (Å²) in [5, 5.41) is 10.8. The van der Waals surface area contributed by atoms with Gasteiger partial charge >= 0.3 is 0 Å². The van der Waals surface area contributed by atoms with E-state index in [-0.39, 0.29) is 0 Å². The number of rotatable bonds is 6. The summed E-state index contributed by atoms with van der Waals surface area (Å²) in [7, 11) is 0. The topological polar surface area (TPSA) is 58.6 Å². The molecule has 1 aromatic rings. The van der Waals surface area contributed by atoms with E-state index in [1.54, 1.807) is 18.2 Å². The van der Waals surface area contributed by atoms with Gasteiger partial charge in [0.25, 0.3) is 11.8 Å². The first-order chi connectivity index (χ1) is 8.84. The van der Waals surface area contributed by atoms with E-state index in [1.807, 2.05) is 5.32 Å². The van der Waals surface area contributed by atoms with Gasteiger partial charge in [-0.25, -0.2) is 8.78 Å². The third kappa shape index (κ3) is 5.71. The number of alkyl halides is 2. The third-order valence-electron chi connectivity index (χ3n) is 2.03. The van der Waals surface area contributed by atoms with Gasteiger partial charge in [0, 0.05) is 5.02 Å². The average molecular weight is 359 g/mol. The first-order valence-electron chi connectivity index (χ1n) is 5.17. The largest absolute Gasteiger partial charge is 0.483 e. The second kappa shape index (κ2) is 7.02. The molecule has 4 nitrogen and oxygen atoms in total. The van der Waals surface area contributed by atoms with Crippen LogP contribution in [0.25, 0.3) is 0 Å². The molecule has 0 aliphatic heterocycles. The fraction of sp³-hybridized carbons (Fsp3) is 0.364. The fourth-order valence-electron chi connectivity index (χ4n) is 1.07. The molecule has 1 aromatic carbocycles. The first kappa shape index (κ1) is 16.1. The van der Waals surface area contributed by atoms with Crippen molar-refractivity contribution in [1.82, 2.24) is 5.32 Å². The second-order valence-corrected chi connectivity index (χ2v) is 4.94. The second-order valence-electron chi connectivity index (χ2n) is 3.65. The summed E-state index contributed by atoms with van der Waals surface area (Å²) in [5.41, 5.74) is 0. The number of aliphatic hydroxyl groups is 1. The van der Waals surface area contributed by atoms with Crippen LogP contribution in [0.1, 0.15) is 0 Å². The molecule has 2 N–H and O–H groups in total. The highest BCUT2D eigenvalue weighted by Crippen LogP contribution is 2.27. The summed E-state index contributed by atoms with van der Waals surface area (Å²) in [6.45, 7) is -2.67. The number of aliphatic hydroxyl groups excluding tert-OH is 1. The fourth-order valence-corrected chi connectivity index (χ4v) is 1.87. The molecule has 8 heteroatoms. The number of carbonyl (C=O) groups is 1. The molecule has 19 heavy (non-hydrogen) atoms. The van der Waals surface area contributed by atoms with Crippen LogP contribution in [0.5, 0.6) is 5.75 Å². The molecule has 0 spiro atoms. The molecule has 0 radical (unpaired) electrons. The smallest absolute Gasteiger partial charge is 0.287 e. The molecule has 0 saturated heterocycles. The molecule has 0 aliphatic rings. The Morgan fingerprint density at radius 1 is 1.53 bits per heavy atom. The Morgan fingerprint density at radius 2 is 2.21 bits per heavy atom. The number of hydrogen-bond donors (Lipinski definition) is 2. The lowest BCUT2D eigenvalue weighted by molar-refractivity contribution is -0.126. The van der Waals surface area contributed by atoms with E-state index < -0.39 is 31.6 Å². The number of benzene rings is 1. The van der Waals surface area contributed by atoms with Gasteiger partial charge in [-0.1, -0.05) is 11.6 Å². The lowest BCUT2D eigenvalue weighted by atomic mass is 10.3. The van der Waals surface area contributed by atoms with E-state index in [9.17, 15) is 13.6 Å². The van der Waals surface area contributed by atoms with Gasteiger partial charge in [-0.05, 0) is 34.1 Å². The standard InChI is InChI=1S/C11H11BrClF2NO3/c12-8-3-7(13)1-2-9(8)19-4-10(18)16-5-11(14,15)6-17/h1-3,17H,4-6H2,(H,16,18). The van der Waals surface area contributed by atoms with E-state index in [2.05, 4.69) is 15.9 Å². The van der Waals surface area contributed by atoms with Crippen molar-refractivity contribution in [2.24, 2.45) is 0 Å². The molecule has 0 bridgehead atoms. The summed E-state index contributed by atoms with van der Waals surface area (Å²) in [4.78, 5) is 11.3. The number of carbonyl (C=O) groups excluding carboxylic acids is 1. The maximum absolute atomic E-state index is 12.7. The van der Waals surface area contributed by atoms with Crippen molar-refractivity contribution in [3.8, 4) is 5.75 Å². The zero-order chi connectivity index (χ0) is 14.5.